The zero-order chi connectivity index (χ0) is 12.4. The van der Waals surface area contributed by atoms with Gasteiger partial charge in [0.25, 0.3) is 0 Å². The third-order valence-electron chi connectivity index (χ3n) is 2.02. The molecule has 1 N–H and O–H groups in total. The van der Waals surface area contributed by atoms with Crippen LogP contribution in [0.2, 0.25) is 0 Å². The fourth-order valence-corrected chi connectivity index (χ4v) is 1.26. The van der Waals surface area contributed by atoms with Crippen molar-refractivity contribution in [3.63, 3.8) is 0 Å². The van der Waals surface area contributed by atoms with Crippen LogP contribution in [-0.4, -0.2) is 11.1 Å². The van der Waals surface area contributed by atoms with Crippen LogP contribution in [0.15, 0.2) is 24.3 Å². The van der Waals surface area contributed by atoms with Crippen LogP contribution in [0.3, 0.4) is 0 Å². The van der Waals surface area contributed by atoms with Crippen LogP contribution in [0.1, 0.15) is 24.8 Å². The monoisotopic (exact) mass is 450 g/mol. The molecule has 0 fully saturated rings. The minimum Gasteiger partial charge on any atom is -0.481 e. The SMILES string of the molecule is II.O=C(O)CCCCc1ccc(F)cc1. The van der Waals surface area contributed by atoms with Gasteiger partial charge in [0.1, 0.15) is 5.82 Å². The first-order valence-electron chi connectivity index (χ1n) is 4.79. The average molecular weight is 450 g/mol. The Kier molecular flexibility index (Phi) is 10.3. The molecular formula is C11H13FI2O2. The number of aryl methyl sites for hydroxylation is 1. The van der Waals surface area contributed by atoms with Gasteiger partial charge in [-0.15, -0.1) is 0 Å². The standard InChI is InChI=1S/C11H13FO2.I2/c12-10-7-5-9(6-8-10)3-1-2-4-11(13)14;1-2/h5-8H,1-4H2,(H,13,14);. The molecule has 1 aromatic rings. The van der Waals surface area contributed by atoms with E-state index in [9.17, 15) is 9.18 Å². The van der Waals surface area contributed by atoms with Crippen molar-refractivity contribution < 1.29 is 14.3 Å². The molecular weight excluding hydrogens is 437 g/mol. The fraction of sp³-hybridized carbons (Fsp3) is 0.364. The number of hydrogen-bond donors (Lipinski definition) is 1. The van der Waals surface area contributed by atoms with Gasteiger partial charge >= 0.3 is 5.97 Å². The van der Waals surface area contributed by atoms with Gasteiger partial charge < -0.3 is 5.11 Å². The van der Waals surface area contributed by atoms with E-state index >= 15 is 0 Å². The summed E-state index contributed by atoms with van der Waals surface area (Å²) in [6.45, 7) is 0. The van der Waals surface area contributed by atoms with Crippen LogP contribution in [0.25, 0.3) is 0 Å². The number of carboxylic acid groups (broad SMARTS) is 1. The van der Waals surface area contributed by atoms with E-state index in [1.807, 2.05) is 0 Å². The number of carboxylic acids is 1. The maximum Gasteiger partial charge on any atom is 0.303 e. The van der Waals surface area contributed by atoms with Crippen molar-refractivity contribution in [2.45, 2.75) is 25.7 Å². The molecule has 0 saturated heterocycles. The van der Waals surface area contributed by atoms with Gasteiger partial charge in [-0.3, -0.25) is 4.79 Å². The highest BCUT2D eigenvalue weighted by Crippen LogP contribution is 2.07. The molecule has 1 rings (SSSR count). The Morgan fingerprint density at radius 1 is 1.19 bits per heavy atom. The molecule has 5 heteroatoms. The highest BCUT2D eigenvalue weighted by atomic mass is 128. The van der Waals surface area contributed by atoms with Crippen LogP contribution in [-0.2, 0) is 11.2 Å². The predicted octanol–water partition coefficient (Wildman–Crippen LogP) is 4.39. The number of hydrogen-bond acceptors (Lipinski definition) is 1. The van der Waals surface area contributed by atoms with Crippen molar-refractivity contribution in [2.24, 2.45) is 0 Å². The van der Waals surface area contributed by atoms with Gasteiger partial charge in [-0.1, -0.05) is 12.1 Å². The van der Waals surface area contributed by atoms with Crippen LogP contribution in [0.4, 0.5) is 4.39 Å². The smallest absolute Gasteiger partial charge is 0.303 e. The topological polar surface area (TPSA) is 37.3 Å². The summed E-state index contributed by atoms with van der Waals surface area (Å²) in [5.41, 5.74) is 1.05. The van der Waals surface area contributed by atoms with Crippen molar-refractivity contribution in [1.29, 1.82) is 0 Å². The molecule has 0 heterocycles. The van der Waals surface area contributed by atoms with E-state index in [4.69, 9.17) is 5.11 Å². The number of unbranched alkanes of at least 4 members (excludes halogenated alkanes) is 1. The van der Waals surface area contributed by atoms with E-state index in [0.717, 1.165) is 18.4 Å². The second-order valence-electron chi connectivity index (χ2n) is 3.23. The Morgan fingerprint density at radius 3 is 2.25 bits per heavy atom. The molecule has 0 aliphatic rings. The first-order chi connectivity index (χ1) is 7.68. The second kappa shape index (κ2) is 10.2. The van der Waals surface area contributed by atoms with Crippen molar-refractivity contribution in [3.8, 4) is 0 Å². The summed E-state index contributed by atoms with van der Waals surface area (Å²) >= 11 is 4.24. The van der Waals surface area contributed by atoms with Gasteiger partial charge in [0.05, 0.1) is 0 Å². The summed E-state index contributed by atoms with van der Waals surface area (Å²) in [7, 11) is 0. The maximum absolute atomic E-state index is 12.5. The van der Waals surface area contributed by atoms with Crippen molar-refractivity contribution in [2.75, 3.05) is 0 Å². The Labute approximate surface area is 118 Å². The number of benzene rings is 1. The Morgan fingerprint density at radius 2 is 1.75 bits per heavy atom. The van der Waals surface area contributed by atoms with Gasteiger partial charge in [0, 0.05) is 43.7 Å². The Hall–Kier alpha value is 0.0800. The molecule has 0 amide bonds. The van der Waals surface area contributed by atoms with Gasteiger partial charge in [-0.2, -0.15) is 0 Å². The third kappa shape index (κ3) is 8.26. The summed E-state index contributed by atoms with van der Waals surface area (Å²) < 4.78 is 12.5. The second-order valence-corrected chi connectivity index (χ2v) is 3.23. The zero-order valence-corrected chi connectivity index (χ0v) is 12.9. The minimum absolute atomic E-state index is 0.210. The largest absolute Gasteiger partial charge is 0.481 e. The van der Waals surface area contributed by atoms with Gasteiger partial charge in [-0.25, -0.2) is 4.39 Å². The zero-order valence-electron chi connectivity index (χ0n) is 8.63. The van der Waals surface area contributed by atoms with Crippen molar-refractivity contribution >= 4 is 43.2 Å². The quantitative estimate of drug-likeness (QED) is 0.534. The van der Waals surface area contributed by atoms with E-state index < -0.39 is 5.97 Å². The molecule has 0 unspecified atom stereocenters. The summed E-state index contributed by atoms with van der Waals surface area (Å²) in [6, 6.07) is 6.31. The predicted molar refractivity (Wildman–Crippen MR) is 79.6 cm³/mol. The summed E-state index contributed by atoms with van der Waals surface area (Å²) in [5.74, 6) is -0.997. The normalized spacial score (nSPS) is 9.19. The van der Waals surface area contributed by atoms with Crippen LogP contribution >= 0.6 is 37.2 Å². The summed E-state index contributed by atoms with van der Waals surface area (Å²) in [6.07, 6.45) is 2.53. The molecule has 0 saturated carbocycles. The number of aliphatic carboxylic acids is 1. The average Bonchev–Trinajstić information content (AvgIpc) is 2.29. The Balaban J connectivity index is 0.00000106. The van der Waals surface area contributed by atoms with Crippen molar-refractivity contribution in [3.05, 3.63) is 35.6 Å². The fourth-order valence-electron chi connectivity index (χ4n) is 1.26. The number of carbonyl (C=O) groups is 1. The van der Waals surface area contributed by atoms with E-state index in [-0.39, 0.29) is 12.2 Å². The van der Waals surface area contributed by atoms with E-state index in [0.29, 0.717) is 6.42 Å². The lowest BCUT2D eigenvalue weighted by Crippen LogP contribution is -1.94. The molecule has 90 valence electrons. The molecule has 0 bridgehead atoms. The molecule has 16 heavy (non-hydrogen) atoms. The van der Waals surface area contributed by atoms with Crippen LogP contribution < -0.4 is 0 Å². The molecule has 0 aromatic heterocycles. The van der Waals surface area contributed by atoms with Crippen LogP contribution in [0, 0.1) is 5.82 Å². The first kappa shape index (κ1) is 16.1. The molecule has 0 radical (unpaired) electrons. The van der Waals surface area contributed by atoms with E-state index in [1.54, 1.807) is 12.1 Å². The lowest BCUT2D eigenvalue weighted by Gasteiger charge is -1.99. The summed E-state index contributed by atoms with van der Waals surface area (Å²) in [5, 5.41) is 8.40. The van der Waals surface area contributed by atoms with Gasteiger partial charge in [0.15, 0.2) is 0 Å². The molecule has 0 aliphatic carbocycles. The lowest BCUT2D eigenvalue weighted by molar-refractivity contribution is -0.137. The van der Waals surface area contributed by atoms with E-state index in [1.165, 1.54) is 12.1 Å². The minimum atomic E-state index is -0.760. The van der Waals surface area contributed by atoms with Crippen LogP contribution in [0.5, 0.6) is 0 Å². The van der Waals surface area contributed by atoms with Gasteiger partial charge in [0.2, 0.25) is 0 Å². The van der Waals surface area contributed by atoms with Gasteiger partial charge in [-0.05, 0) is 37.0 Å². The summed E-state index contributed by atoms with van der Waals surface area (Å²) in [4.78, 5) is 10.2. The lowest BCUT2D eigenvalue weighted by atomic mass is 10.1. The molecule has 0 aliphatic heterocycles. The number of halogens is 3. The highest BCUT2D eigenvalue weighted by Gasteiger charge is 1.97. The number of rotatable bonds is 5. The third-order valence-corrected chi connectivity index (χ3v) is 2.02. The highest BCUT2D eigenvalue weighted by molar-refractivity contribution is 15.0. The Bertz CT molecular complexity index is 301. The first-order valence-corrected chi connectivity index (χ1v) is 11.1. The molecule has 0 atom stereocenters. The van der Waals surface area contributed by atoms with Crippen molar-refractivity contribution in [1.82, 2.24) is 0 Å². The molecule has 2 nitrogen and oxygen atoms in total. The molecule has 0 spiro atoms. The van der Waals surface area contributed by atoms with E-state index in [2.05, 4.69) is 37.2 Å². The maximum atomic E-state index is 12.5. The molecule has 1 aromatic carbocycles.